The molecule has 0 aromatic rings. The number of hydrogen-bond donors (Lipinski definition) is 2. The maximum atomic E-state index is 10.3. The van der Waals surface area contributed by atoms with Gasteiger partial charge in [0.2, 0.25) is 5.91 Å². The first-order chi connectivity index (χ1) is 5.33. The summed E-state index contributed by atoms with van der Waals surface area (Å²) in [6.07, 6.45) is 0.954. The van der Waals surface area contributed by atoms with E-state index in [4.69, 9.17) is 10.1 Å². The molecule has 13 heavy (non-hydrogen) atoms. The van der Waals surface area contributed by atoms with Gasteiger partial charge in [0.25, 0.3) is 0 Å². The molecule has 0 radical (unpaired) electrons. The molecule has 6 nitrogen and oxygen atoms in total. The first-order valence-electron chi connectivity index (χ1n) is 3.01. The molecule has 0 fully saturated rings. The largest absolute Gasteiger partial charge is 1.00 e. The van der Waals surface area contributed by atoms with E-state index in [0.29, 0.717) is 10.9 Å². The predicted molar refractivity (Wildman–Crippen MR) is 38.1 cm³/mol. The van der Waals surface area contributed by atoms with Crippen molar-refractivity contribution in [1.29, 1.82) is 0 Å². The van der Waals surface area contributed by atoms with E-state index in [1.165, 1.54) is 0 Å². The van der Waals surface area contributed by atoms with Gasteiger partial charge in [-0.1, -0.05) is 6.08 Å². The van der Waals surface area contributed by atoms with Crippen molar-refractivity contribution in [2.45, 2.75) is 6.92 Å². The van der Waals surface area contributed by atoms with Crippen molar-refractivity contribution in [3.05, 3.63) is 11.9 Å². The maximum Gasteiger partial charge on any atom is 1.00 e. The van der Waals surface area contributed by atoms with Crippen molar-refractivity contribution >= 4 is 13.5 Å². The van der Waals surface area contributed by atoms with Gasteiger partial charge in [-0.2, -0.15) is 0 Å². The number of amides is 1. The Labute approximate surface area is 97.6 Å². The van der Waals surface area contributed by atoms with Crippen LogP contribution in [0.3, 0.4) is 0 Å². The number of hydroxylamine groups is 2. The molecule has 0 spiro atoms. The minimum absolute atomic E-state index is 0. The van der Waals surface area contributed by atoms with E-state index >= 15 is 0 Å². The summed E-state index contributed by atoms with van der Waals surface area (Å²) in [5, 5.41) is 8.99. The Morgan fingerprint density at radius 1 is 1.69 bits per heavy atom. The Bertz CT molecular complexity index is 237. The third kappa shape index (κ3) is 10.2. The third-order valence-corrected chi connectivity index (χ3v) is 1.52. The van der Waals surface area contributed by atoms with Crippen LogP contribution in [0.1, 0.15) is 6.92 Å². The van der Waals surface area contributed by atoms with Gasteiger partial charge in [-0.05, 0) is 5.82 Å². The minimum atomic E-state index is -4.43. The van der Waals surface area contributed by atoms with Crippen LogP contribution in [0.5, 0.6) is 0 Å². The molecule has 0 rings (SSSR count). The summed E-state index contributed by atoms with van der Waals surface area (Å²) in [6, 6.07) is 0. The zero-order chi connectivity index (χ0) is 9.78. The van der Waals surface area contributed by atoms with E-state index in [-0.39, 0.29) is 36.1 Å². The van der Waals surface area contributed by atoms with Gasteiger partial charge in [0.05, 0.1) is 6.54 Å². The van der Waals surface area contributed by atoms with Crippen LogP contribution >= 0.6 is 7.60 Å². The van der Waals surface area contributed by atoms with E-state index in [9.17, 15) is 14.3 Å². The van der Waals surface area contributed by atoms with E-state index in [2.05, 4.69) is 0 Å². The average Bonchev–Trinajstić information content (AvgIpc) is 1.84. The molecule has 70 valence electrons. The molecule has 0 bridgehead atoms. The zero-order valence-electron chi connectivity index (χ0n) is 7.38. The van der Waals surface area contributed by atoms with Crippen LogP contribution in [0.2, 0.25) is 0 Å². The molecule has 1 unspecified atom stereocenters. The average molecular weight is 217 g/mol. The molecular formula is C5H9NNaO5P. The molecule has 0 heterocycles. The molecule has 0 aliphatic carbocycles. The van der Waals surface area contributed by atoms with Crippen LogP contribution in [0.25, 0.3) is 0 Å². The molecule has 0 aromatic heterocycles. The van der Waals surface area contributed by atoms with E-state index in [1.807, 2.05) is 0 Å². The number of rotatable bonds is 3. The Morgan fingerprint density at radius 3 is 2.46 bits per heavy atom. The van der Waals surface area contributed by atoms with Gasteiger partial charge >= 0.3 is 29.6 Å². The van der Waals surface area contributed by atoms with Crippen LogP contribution in [-0.2, 0) is 9.36 Å². The monoisotopic (exact) mass is 217 g/mol. The van der Waals surface area contributed by atoms with E-state index in [0.717, 1.165) is 13.0 Å². The minimum Gasteiger partial charge on any atom is -0.776 e. The van der Waals surface area contributed by atoms with Gasteiger partial charge in [0.15, 0.2) is 7.60 Å². The quantitative estimate of drug-likeness (QED) is 0.219. The fourth-order valence-corrected chi connectivity index (χ4v) is 0.769. The first kappa shape index (κ1) is 15.8. The summed E-state index contributed by atoms with van der Waals surface area (Å²) >= 11 is 0. The van der Waals surface area contributed by atoms with Crippen molar-refractivity contribution in [3.8, 4) is 0 Å². The standard InChI is InChI=1S/C5H10NO5P.Na/c1-5(7)6(8)3-2-4-12(9,10)11;/h2,4,8H,3H2,1H3,(H2,9,10,11);/q;+1/p-1/b4-2+;. The molecule has 0 saturated heterocycles. The molecule has 0 saturated carbocycles. The van der Waals surface area contributed by atoms with Crippen LogP contribution in [0.4, 0.5) is 0 Å². The van der Waals surface area contributed by atoms with Gasteiger partial charge in [0.1, 0.15) is 0 Å². The predicted octanol–water partition coefficient (Wildman–Crippen LogP) is -3.71. The van der Waals surface area contributed by atoms with Crippen molar-refractivity contribution < 1.29 is 53.9 Å². The Kier molecular flexibility index (Phi) is 8.16. The molecule has 0 aliphatic rings. The number of nitrogens with zero attached hydrogens (tertiary/aromatic N) is 1. The fourth-order valence-electron chi connectivity index (χ4n) is 0.409. The summed E-state index contributed by atoms with van der Waals surface area (Å²) in [4.78, 5) is 28.6. The number of hydrogen-bond acceptors (Lipinski definition) is 4. The van der Waals surface area contributed by atoms with Crippen molar-refractivity contribution in [3.63, 3.8) is 0 Å². The van der Waals surface area contributed by atoms with E-state index < -0.39 is 13.5 Å². The van der Waals surface area contributed by atoms with E-state index in [1.54, 1.807) is 0 Å². The van der Waals surface area contributed by atoms with Crippen molar-refractivity contribution in [2.24, 2.45) is 0 Å². The van der Waals surface area contributed by atoms with Gasteiger partial charge < -0.3 is 14.4 Å². The maximum absolute atomic E-state index is 10.3. The molecule has 8 heteroatoms. The topological polar surface area (TPSA) is 101 Å². The second kappa shape index (κ2) is 6.73. The Morgan fingerprint density at radius 2 is 2.15 bits per heavy atom. The Hall–Kier alpha value is 0.320. The van der Waals surface area contributed by atoms with Crippen LogP contribution < -0.4 is 34.5 Å². The second-order valence-corrected chi connectivity index (χ2v) is 3.48. The second-order valence-electron chi connectivity index (χ2n) is 2.05. The van der Waals surface area contributed by atoms with Crippen molar-refractivity contribution in [2.75, 3.05) is 6.54 Å². The number of carbonyl (C=O) groups excluding carboxylic acids is 1. The van der Waals surface area contributed by atoms with Crippen LogP contribution in [0.15, 0.2) is 11.9 Å². The summed E-state index contributed by atoms with van der Waals surface area (Å²) in [7, 11) is -4.43. The summed E-state index contributed by atoms with van der Waals surface area (Å²) < 4.78 is 10.1. The van der Waals surface area contributed by atoms with Gasteiger partial charge in [-0.15, -0.1) is 0 Å². The summed E-state index contributed by atoms with van der Waals surface area (Å²) in [5.41, 5.74) is 0. The third-order valence-electron chi connectivity index (χ3n) is 0.936. The molecule has 1 atom stereocenters. The SMILES string of the molecule is CC(=O)N(O)C/C=C/P(=O)([O-])O.[Na+]. The smallest absolute Gasteiger partial charge is 0.776 e. The normalized spacial score (nSPS) is 14.8. The van der Waals surface area contributed by atoms with Crippen molar-refractivity contribution in [1.82, 2.24) is 5.06 Å². The molecule has 0 aliphatic heterocycles. The molecule has 1 amide bonds. The molecule has 2 N–H and O–H groups in total. The van der Waals surface area contributed by atoms with Gasteiger partial charge in [0, 0.05) is 6.92 Å². The van der Waals surface area contributed by atoms with Gasteiger partial charge in [-0.25, -0.2) is 5.06 Å². The number of carbonyl (C=O) groups is 1. The summed E-state index contributed by atoms with van der Waals surface area (Å²) in [6.45, 7) is 0.839. The zero-order valence-corrected chi connectivity index (χ0v) is 10.3. The van der Waals surface area contributed by atoms with Crippen LogP contribution in [0, 0.1) is 0 Å². The fraction of sp³-hybridized carbons (Fsp3) is 0.400. The van der Waals surface area contributed by atoms with Crippen LogP contribution in [-0.4, -0.2) is 27.6 Å². The molecule has 0 aromatic carbocycles. The summed E-state index contributed by atoms with van der Waals surface area (Å²) in [5.74, 6) is -0.0996. The molecular weight excluding hydrogens is 208 g/mol. The van der Waals surface area contributed by atoms with Gasteiger partial charge in [-0.3, -0.25) is 10.0 Å². The Balaban J connectivity index is 0. The first-order valence-corrected chi connectivity index (χ1v) is 4.66.